The Morgan fingerprint density at radius 1 is 1.17 bits per heavy atom. The standard InChI is InChI=1S/C23H26N4O2S/c1-16(22(28)24-15-14-17-8-12-20(29-2)13-9-17)30-23-26-25-21(18-10-11-18)27(23)19-6-4-3-5-7-19/h3-9,12-13,16,18H,10-11,14-15H2,1-2H3,(H,24,28)/t16-/m1/s1. The first-order valence-corrected chi connectivity index (χ1v) is 11.1. The van der Waals surface area contributed by atoms with Crippen LogP contribution in [0.3, 0.4) is 0 Å². The first-order valence-electron chi connectivity index (χ1n) is 10.2. The molecule has 1 saturated carbocycles. The van der Waals surface area contributed by atoms with E-state index in [4.69, 9.17) is 4.74 Å². The summed E-state index contributed by atoms with van der Waals surface area (Å²) >= 11 is 1.45. The van der Waals surface area contributed by atoms with Gasteiger partial charge in [0, 0.05) is 18.2 Å². The fourth-order valence-corrected chi connectivity index (χ4v) is 4.16. The maximum absolute atomic E-state index is 12.6. The Hall–Kier alpha value is -2.80. The van der Waals surface area contributed by atoms with E-state index in [2.05, 4.69) is 32.2 Å². The smallest absolute Gasteiger partial charge is 0.233 e. The van der Waals surface area contributed by atoms with Crippen LogP contribution in [0, 0.1) is 0 Å². The van der Waals surface area contributed by atoms with Crippen molar-refractivity contribution in [3.05, 3.63) is 66.0 Å². The molecule has 6 nitrogen and oxygen atoms in total. The van der Waals surface area contributed by atoms with Crippen molar-refractivity contribution in [1.82, 2.24) is 20.1 Å². The number of para-hydroxylation sites is 1. The molecule has 1 heterocycles. The van der Waals surface area contributed by atoms with Crippen LogP contribution in [0.25, 0.3) is 5.69 Å². The molecule has 0 saturated heterocycles. The predicted molar refractivity (Wildman–Crippen MR) is 118 cm³/mol. The van der Waals surface area contributed by atoms with Crippen molar-refractivity contribution in [1.29, 1.82) is 0 Å². The maximum atomic E-state index is 12.6. The molecule has 156 valence electrons. The lowest BCUT2D eigenvalue weighted by atomic mass is 10.1. The summed E-state index contributed by atoms with van der Waals surface area (Å²) in [5, 5.41) is 12.4. The zero-order chi connectivity index (χ0) is 20.9. The van der Waals surface area contributed by atoms with Crippen LogP contribution in [-0.2, 0) is 11.2 Å². The zero-order valence-electron chi connectivity index (χ0n) is 17.2. The number of methoxy groups -OCH3 is 1. The van der Waals surface area contributed by atoms with Gasteiger partial charge in [-0.15, -0.1) is 10.2 Å². The third kappa shape index (κ3) is 4.84. The summed E-state index contributed by atoms with van der Waals surface area (Å²) in [5.41, 5.74) is 2.20. The second-order valence-electron chi connectivity index (χ2n) is 7.44. The molecular formula is C23H26N4O2S. The Labute approximate surface area is 181 Å². The zero-order valence-corrected chi connectivity index (χ0v) is 18.1. The average molecular weight is 423 g/mol. The van der Waals surface area contributed by atoms with Gasteiger partial charge in [0.15, 0.2) is 5.16 Å². The van der Waals surface area contributed by atoms with Crippen molar-refractivity contribution in [2.75, 3.05) is 13.7 Å². The largest absolute Gasteiger partial charge is 0.497 e. The van der Waals surface area contributed by atoms with E-state index in [1.807, 2.05) is 49.4 Å². The molecule has 0 bridgehead atoms. The summed E-state index contributed by atoms with van der Waals surface area (Å²) in [6.07, 6.45) is 3.08. The number of ether oxygens (including phenoxy) is 1. The van der Waals surface area contributed by atoms with Crippen LogP contribution < -0.4 is 10.1 Å². The first-order chi connectivity index (χ1) is 14.7. The average Bonchev–Trinajstić information content (AvgIpc) is 3.55. The Morgan fingerprint density at radius 3 is 2.57 bits per heavy atom. The van der Waals surface area contributed by atoms with Gasteiger partial charge in [-0.2, -0.15) is 0 Å². The van der Waals surface area contributed by atoms with Crippen LogP contribution in [0.5, 0.6) is 5.75 Å². The molecular weight excluding hydrogens is 396 g/mol. The lowest BCUT2D eigenvalue weighted by Gasteiger charge is -2.14. The number of nitrogens with one attached hydrogen (secondary N) is 1. The number of hydrogen-bond donors (Lipinski definition) is 1. The summed E-state index contributed by atoms with van der Waals surface area (Å²) < 4.78 is 7.28. The van der Waals surface area contributed by atoms with Gasteiger partial charge in [-0.25, -0.2) is 0 Å². The number of benzene rings is 2. The quantitative estimate of drug-likeness (QED) is 0.528. The van der Waals surface area contributed by atoms with E-state index in [9.17, 15) is 4.79 Å². The first kappa shape index (κ1) is 20.5. The Balaban J connectivity index is 1.37. The van der Waals surface area contributed by atoms with Crippen molar-refractivity contribution in [3.8, 4) is 11.4 Å². The van der Waals surface area contributed by atoms with E-state index >= 15 is 0 Å². The van der Waals surface area contributed by atoms with Gasteiger partial charge in [-0.1, -0.05) is 42.1 Å². The third-order valence-corrected chi connectivity index (χ3v) is 6.18. The number of amides is 1. The highest BCUT2D eigenvalue weighted by atomic mass is 32.2. The Bertz CT molecular complexity index is 984. The molecule has 1 aliphatic rings. The van der Waals surface area contributed by atoms with E-state index < -0.39 is 0 Å². The predicted octanol–water partition coefficient (Wildman–Crippen LogP) is 3.99. The molecule has 3 aromatic rings. The van der Waals surface area contributed by atoms with Gasteiger partial charge >= 0.3 is 0 Å². The molecule has 0 spiro atoms. The van der Waals surface area contributed by atoms with Gasteiger partial charge in [-0.3, -0.25) is 9.36 Å². The van der Waals surface area contributed by atoms with Gasteiger partial charge in [0.05, 0.1) is 12.4 Å². The molecule has 4 rings (SSSR count). The summed E-state index contributed by atoms with van der Waals surface area (Å²) in [6, 6.07) is 18.0. The summed E-state index contributed by atoms with van der Waals surface area (Å²) in [6.45, 7) is 2.50. The highest BCUT2D eigenvalue weighted by Crippen LogP contribution is 2.41. The SMILES string of the molecule is COc1ccc(CCNC(=O)[C@@H](C)Sc2nnc(C3CC3)n2-c2ccccc2)cc1. The monoisotopic (exact) mass is 422 g/mol. The van der Waals surface area contributed by atoms with Crippen molar-refractivity contribution < 1.29 is 9.53 Å². The van der Waals surface area contributed by atoms with Gasteiger partial charge in [-0.05, 0) is 56.0 Å². The van der Waals surface area contributed by atoms with E-state index in [1.165, 1.54) is 11.8 Å². The number of rotatable bonds is 9. The fraction of sp³-hybridized carbons (Fsp3) is 0.348. The van der Waals surface area contributed by atoms with Crippen molar-refractivity contribution in [2.45, 2.75) is 42.5 Å². The van der Waals surface area contributed by atoms with Gasteiger partial charge in [0.1, 0.15) is 11.6 Å². The molecule has 1 aromatic heterocycles. The third-order valence-electron chi connectivity index (χ3n) is 5.14. The Kier molecular flexibility index (Phi) is 6.38. The minimum absolute atomic E-state index is 0.00379. The van der Waals surface area contributed by atoms with Crippen LogP contribution in [0.4, 0.5) is 0 Å². The molecule has 0 aliphatic heterocycles. The number of hydrogen-bond acceptors (Lipinski definition) is 5. The molecule has 1 fully saturated rings. The lowest BCUT2D eigenvalue weighted by Crippen LogP contribution is -2.32. The molecule has 1 N–H and O–H groups in total. The fourth-order valence-electron chi connectivity index (χ4n) is 3.26. The van der Waals surface area contributed by atoms with Crippen LogP contribution in [0.2, 0.25) is 0 Å². The summed E-state index contributed by atoms with van der Waals surface area (Å²) in [4.78, 5) is 12.6. The van der Waals surface area contributed by atoms with E-state index in [-0.39, 0.29) is 11.2 Å². The van der Waals surface area contributed by atoms with Gasteiger partial charge in [0.2, 0.25) is 5.91 Å². The van der Waals surface area contributed by atoms with E-state index in [1.54, 1.807) is 7.11 Å². The van der Waals surface area contributed by atoms with Crippen LogP contribution >= 0.6 is 11.8 Å². The highest BCUT2D eigenvalue weighted by molar-refractivity contribution is 8.00. The van der Waals surface area contributed by atoms with Gasteiger partial charge in [0.25, 0.3) is 0 Å². The number of thioether (sulfide) groups is 1. The topological polar surface area (TPSA) is 69.0 Å². The second kappa shape index (κ2) is 9.34. The second-order valence-corrected chi connectivity index (χ2v) is 8.74. The van der Waals surface area contributed by atoms with Crippen LogP contribution in [0.1, 0.15) is 37.1 Å². The molecule has 30 heavy (non-hydrogen) atoms. The van der Waals surface area contributed by atoms with E-state index in [0.29, 0.717) is 12.5 Å². The summed E-state index contributed by atoms with van der Waals surface area (Å²) in [5.74, 6) is 2.31. The highest BCUT2D eigenvalue weighted by Gasteiger charge is 2.31. The number of carbonyl (C=O) groups is 1. The summed E-state index contributed by atoms with van der Waals surface area (Å²) in [7, 11) is 1.65. The van der Waals surface area contributed by atoms with Crippen LogP contribution in [-0.4, -0.2) is 39.6 Å². The lowest BCUT2D eigenvalue weighted by molar-refractivity contribution is -0.120. The molecule has 1 atom stereocenters. The maximum Gasteiger partial charge on any atom is 0.233 e. The van der Waals surface area contributed by atoms with Crippen LogP contribution in [0.15, 0.2) is 59.8 Å². The Morgan fingerprint density at radius 2 is 1.90 bits per heavy atom. The molecule has 1 aliphatic carbocycles. The van der Waals surface area contributed by atoms with Crippen molar-refractivity contribution in [2.24, 2.45) is 0 Å². The minimum atomic E-state index is -0.264. The molecule has 7 heteroatoms. The normalized spacial score (nSPS) is 14.3. The van der Waals surface area contributed by atoms with Crippen molar-refractivity contribution in [3.63, 3.8) is 0 Å². The van der Waals surface area contributed by atoms with E-state index in [0.717, 1.165) is 47.2 Å². The van der Waals surface area contributed by atoms with Crippen molar-refractivity contribution >= 4 is 17.7 Å². The number of nitrogens with zero attached hydrogens (tertiary/aromatic N) is 3. The number of aromatic nitrogens is 3. The van der Waals surface area contributed by atoms with Gasteiger partial charge < -0.3 is 10.1 Å². The molecule has 1 amide bonds. The molecule has 2 aromatic carbocycles. The molecule has 0 radical (unpaired) electrons. The molecule has 0 unspecified atom stereocenters. The minimum Gasteiger partial charge on any atom is -0.497 e. The number of carbonyl (C=O) groups excluding carboxylic acids is 1.